The van der Waals surface area contributed by atoms with Crippen molar-refractivity contribution in [3.8, 4) is 11.8 Å². The van der Waals surface area contributed by atoms with E-state index >= 15 is 0 Å². The number of nitrogens with zero attached hydrogens (tertiary/aromatic N) is 1. The Balaban J connectivity index is 2.44. The van der Waals surface area contributed by atoms with Gasteiger partial charge in [-0.1, -0.05) is 40.2 Å². The van der Waals surface area contributed by atoms with Gasteiger partial charge in [-0.3, -0.25) is 4.72 Å². The van der Waals surface area contributed by atoms with Gasteiger partial charge in [-0.25, -0.2) is 8.42 Å². The summed E-state index contributed by atoms with van der Waals surface area (Å²) in [5.41, 5.74) is 5.90. The molecule has 0 bridgehead atoms. The molecular weight excluding hydrogens is 337 g/mol. The summed E-state index contributed by atoms with van der Waals surface area (Å²) in [4.78, 5) is -0.245. The fraction of sp³-hybridized carbons (Fsp3) is 0.0833. The molecule has 0 spiro atoms. The standard InChI is InChI=1S/C12H9Cl2N3O3S/c13-10-4-8(2-1-3-15)5-11(14)12(10)21(18,19)17-9-6-16-20-7-9/h4-7,17H,3,15H2. The van der Waals surface area contributed by atoms with Crippen LogP contribution >= 0.6 is 23.2 Å². The number of benzene rings is 1. The van der Waals surface area contributed by atoms with E-state index in [0.29, 0.717) is 5.56 Å². The van der Waals surface area contributed by atoms with E-state index < -0.39 is 10.0 Å². The van der Waals surface area contributed by atoms with Gasteiger partial charge < -0.3 is 10.3 Å². The monoisotopic (exact) mass is 345 g/mol. The van der Waals surface area contributed by atoms with Crippen LogP contribution < -0.4 is 10.5 Å². The zero-order valence-electron chi connectivity index (χ0n) is 10.4. The van der Waals surface area contributed by atoms with Gasteiger partial charge in [0.05, 0.1) is 22.8 Å². The SMILES string of the molecule is NCC#Cc1cc(Cl)c(S(=O)(=O)Nc2cnoc2)c(Cl)c1. The molecule has 0 aliphatic heterocycles. The number of nitrogens with two attached hydrogens (primary N) is 1. The zero-order valence-corrected chi connectivity index (χ0v) is 12.8. The van der Waals surface area contributed by atoms with Crippen LogP contribution in [-0.4, -0.2) is 20.1 Å². The molecule has 0 aliphatic rings. The summed E-state index contributed by atoms with van der Waals surface area (Å²) in [5.74, 6) is 5.35. The first-order chi connectivity index (χ1) is 9.94. The highest BCUT2D eigenvalue weighted by atomic mass is 35.5. The molecule has 1 aromatic carbocycles. The predicted molar refractivity (Wildman–Crippen MR) is 79.7 cm³/mol. The number of rotatable bonds is 3. The second-order valence-corrected chi connectivity index (χ2v) is 6.23. The van der Waals surface area contributed by atoms with Gasteiger partial charge in [0.25, 0.3) is 10.0 Å². The third kappa shape index (κ3) is 3.68. The lowest BCUT2D eigenvalue weighted by molar-refractivity contribution is 0.420. The maximum atomic E-state index is 12.3. The number of halogens is 2. The normalized spacial score (nSPS) is 10.8. The van der Waals surface area contributed by atoms with E-state index in [0.717, 1.165) is 6.26 Å². The van der Waals surface area contributed by atoms with Crippen molar-refractivity contribution in [3.05, 3.63) is 40.2 Å². The lowest BCUT2D eigenvalue weighted by Crippen LogP contribution is -2.13. The van der Waals surface area contributed by atoms with Gasteiger partial charge in [0.15, 0.2) is 0 Å². The summed E-state index contributed by atoms with van der Waals surface area (Å²) in [5, 5.41) is 3.30. The van der Waals surface area contributed by atoms with E-state index in [1.54, 1.807) is 0 Å². The van der Waals surface area contributed by atoms with Gasteiger partial charge in [-0.15, -0.1) is 0 Å². The Bertz CT molecular complexity index is 785. The zero-order chi connectivity index (χ0) is 15.5. The molecule has 1 heterocycles. The van der Waals surface area contributed by atoms with Crippen LogP contribution in [0.2, 0.25) is 10.0 Å². The maximum Gasteiger partial charge on any atom is 0.265 e. The molecule has 110 valence electrons. The third-order valence-corrected chi connectivity index (χ3v) is 4.59. The summed E-state index contributed by atoms with van der Waals surface area (Å²) < 4.78 is 31.3. The van der Waals surface area contributed by atoms with Gasteiger partial charge >= 0.3 is 0 Å². The summed E-state index contributed by atoms with van der Waals surface area (Å²) in [6.45, 7) is 0.171. The first kappa shape index (κ1) is 15.7. The number of hydrogen-bond donors (Lipinski definition) is 2. The summed E-state index contributed by atoms with van der Waals surface area (Å²) in [7, 11) is -3.97. The molecule has 3 N–H and O–H groups in total. The number of sulfonamides is 1. The van der Waals surface area contributed by atoms with Gasteiger partial charge in [0.2, 0.25) is 0 Å². The quantitative estimate of drug-likeness (QED) is 0.830. The molecule has 0 saturated heterocycles. The van der Waals surface area contributed by atoms with Gasteiger partial charge in [-0.2, -0.15) is 0 Å². The predicted octanol–water partition coefficient (Wildman–Crippen LogP) is 2.09. The van der Waals surface area contributed by atoms with E-state index in [1.807, 2.05) is 0 Å². The molecular formula is C12H9Cl2N3O3S. The summed E-state index contributed by atoms with van der Waals surface area (Å²) in [6.07, 6.45) is 2.35. The summed E-state index contributed by atoms with van der Waals surface area (Å²) >= 11 is 12.0. The minimum Gasteiger partial charge on any atom is -0.362 e. The van der Waals surface area contributed by atoms with Gasteiger partial charge in [-0.05, 0) is 12.1 Å². The number of nitrogens with one attached hydrogen (secondary N) is 1. The molecule has 0 amide bonds. The molecule has 0 fully saturated rings. The molecule has 0 aliphatic carbocycles. The van der Waals surface area contributed by atoms with Crippen LogP contribution in [0.25, 0.3) is 0 Å². The number of hydrogen-bond acceptors (Lipinski definition) is 5. The van der Waals surface area contributed by atoms with Crippen LogP contribution in [0.5, 0.6) is 0 Å². The number of aromatic nitrogens is 1. The van der Waals surface area contributed by atoms with Gasteiger partial charge in [0.1, 0.15) is 16.8 Å². The number of anilines is 1. The Kier molecular flexibility index (Phi) is 4.75. The Morgan fingerprint density at radius 3 is 2.52 bits per heavy atom. The summed E-state index contributed by atoms with van der Waals surface area (Å²) in [6, 6.07) is 2.80. The van der Waals surface area contributed by atoms with Crippen molar-refractivity contribution in [3.63, 3.8) is 0 Å². The minimum absolute atomic E-state index is 0.0484. The molecule has 0 radical (unpaired) electrons. The highest BCUT2D eigenvalue weighted by Crippen LogP contribution is 2.32. The third-order valence-electron chi connectivity index (χ3n) is 2.29. The Morgan fingerprint density at radius 2 is 2.00 bits per heavy atom. The maximum absolute atomic E-state index is 12.3. The molecule has 0 atom stereocenters. The lowest BCUT2D eigenvalue weighted by Gasteiger charge is -2.09. The van der Waals surface area contributed by atoms with Crippen molar-refractivity contribution in [1.82, 2.24) is 5.16 Å². The van der Waals surface area contributed by atoms with Crippen LogP contribution in [0.3, 0.4) is 0 Å². The highest BCUT2D eigenvalue weighted by molar-refractivity contribution is 7.93. The van der Waals surface area contributed by atoms with Crippen molar-refractivity contribution < 1.29 is 12.9 Å². The molecule has 2 rings (SSSR count). The van der Waals surface area contributed by atoms with Crippen LogP contribution in [0.1, 0.15) is 5.56 Å². The van der Waals surface area contributed by atoms with Crippen molar-refractivity contribution in [1.29, 1.82) is 0 Å². The van der Waals surface area contributed by atoms with Crippen molar-refractivity contribution in [2.45, 2.75) is 4.90 Å². The average Bonchev–Trinajstić information content (AvgIpc) is 2.87. The van der Waals surface area contributed by atoms with E-state index in [1.165, 1.54) is 18.3 Å². The molecule has 21 heavy (non-hydrogen) atoms. The Hall–Kier alpha value is -1.72. The van der Waals surface area contributed by atoms with Crippen LogP contribution in [0.4, 0.5) is 5.69 Å². The Labute approximate surface area is 131 Å². The van der Waals surface area contributed by atoms with Crippen LogP contribution in [-0.2, 0) is 10.0 Å². The lowest BCUT2D eigenvalue weighted by atomic mass is 10.2. The molecule has 2 aromatic rings. The van der Waals surface area contributed by atoms with E-state index in [-0.39, 0.29) is 27.2 Å². The molecule has 0 saturated carbocycles. The van der Waals surface area contributed by atoms with Crippen molar-refractivity contribution in [2.24, 2.45) is 5.73 Å². The minimum atomic E-state index is -3.97. The molecule has 0 unspecified atom stereocenters. The largest absolute Gasteiger partial charge is 0.362 e. The molecule has 1 aromatic heterocycles. The van der Waals surface area contributed by atoms with E-state index in [4.69, 9.17) is 28.9 Å². The van der Waals surface area contributed by atoms with Crippen molar-refractivity contribution in [2.75, 3.05) is 11.3 Å². The van der Waals surface area contributed by atoms with Crippen LogP contribution in [0, 0.1) is 11.8 Å². The fourth-order valence-corrected chi connectivity index (χ4v) is 3.74. The Morgan fingerprint density at radius 1 is 1.33 bits per heavy atom. The van der Waals surface area contributed by atoms with Crippen LogP contribution in [0.15, 0.2) is 34.0 Å². The smallest absolute Gasteiger partial charge is 0.265 e. The first-order valence-corrected chi connectivity index (χ1v) is 7.78. The highest BCUT2D eigenvalue weighted by Gasteiger charge is 2.23. The van der Waals surface area contributed by atoms with Gasteiger partial charge in [0, 0.05) is 5.56 Å². The van der Waals surface area contributed by atoms with E-state index in [2.05, 4.69) is 26.2 Å². The van der Waals surface area contributed by atoms with E-state index in [9.17, 15) is 8.42 Å². The molecule has 9 heteroatoms. The second kappa shape index (κ2) is 6.37. The fourth-order valence-electron chi connectivity index (χ4n) is 1.50. The average molecular weight is 346 g/mol. The second-order valence-electron chi connectivity index (χ2n) is 3.79. The molecule has 6 nitrogen and oxygen atoms in total. The van der Waals surface area contributed by atoms with Crippen molar-refractivity contribution >= 4 is 38.9 Å². The topological polar surface area (TPSA) is 98.2 Å². The first-order valence-electron chi connectivity index (χ1n) is 5.54.